The van der Waals surface area contributed by atoms with Crippen molar-refractivity contribution >= 4 is 10.9 Å². The van der Waals surface area contributed by atoms with Crippen molar-refractivity contribution in [3.63, 3.8) is 0 Å². The summed E-state index contributed by atoms with van der Waals surface area (Å²) in [6.45, 7) is 9.70. The highest BCUT2D eigenvalue weighted by Crippen LogP contribution is 2.30. The van der Waals surface area contributed by atoms with Crippen LogP contribution in [-0.4, -0.2) is 24.2 Å². The Hall–Kier alpha value is -1.48. The maximum Gasteiger partial charge on any atom is 0.142 e. The van der Waals surface area contributed by atoms with Crippen LogP contribution >= 0.6 is 0 Å². The highest BCUT2D eigenvalue weighted by atomic mass is 16.5. The molecule has 0 saturated carbocycles. The molecule has 1 heterocycles. The zero-order chi connectivity index (χ0) is 14.0. The Labute approximate surface area is 115 Å². The fraction of sp³-hybridized carbons (Fsp3) is 0.500. The van der Waals surface area contributed by atoms with Crippen molar-refractivity contribution < 1.29 is 4.74 Å². The predicted molar refractivity (Wildman–Crippen MR) is 81.0 cm³/mol. The maximum atomic E-state index is 5.41. The standard InChI is InChI=1S/C16H24N2O/c1-11-6-7-13(19-5)15-14(11)12(10-17-15)8-9-18-16(2,3)4/h6-7,10,17-18H,8-9H2,1-5H3. The summed E-state index contributed by atoms with van der Waals surface area (Å²) in [5.41, 5.74) is 3.91. The minimum atomic E-state index is 0.166. The quantitative estimate of drug-likeness (QED) is 0.884. The van der Waals surface area contributed by atoms with Crippen molar-refractivity contribution in [3.05, 3.63) is 29.5 Å². The molecule has 0 amide bonds. The van der Waals surface area contributed by atoms with Gasteiger partial charge in [-0.25, -0.2) is 0 Å². The van der Waals surface area contributed by atoms with Crippen LogP contribution < -0.4 is 10.1 Å². The first-order valence-electron chi connectivity index (χ1n) is 6.81. The monoisotopic (exact) mass is 260 g/mol. The van der Waals surface area contributed by atoms with E-state index in [-0.39, 0.29) is 5.54 Å². The number of hydrogen-bond donors (Lipinski definition) is 2. The summed E-state index contributed by atoms with van der Waals surface area (Å²) in [5, 5.41) is 4.83. The molecule has 1 aromatic carbocycles. The van der Waals surface area contributed by atoms with Crippen molar-refractivity contribution in [1.82, 2.24) is 10.3 Å². The largest absolute Gasteiger partial charge is 0.495 e. The Morgan fingerprint density at radius 1 is 1.26 bits per heavy atom. The van der Waals surface area contributed by atoms with Gasteiger partial charge in [0.15, 0.2) is 0 Å². The minimum Gasteiger partial charge on any atom is -0.495 e. The molecule has 0 aliphatic carbocycles. The van der Waals surface area contributed by atoms with E-state index in [2.05, 4.69) is 50.3 Å². The topological polar surface area (TPSA) is 37.0 Å². The molecular weight excluding hydrogens is 236 g/mol. The molecule has 104 valence electrons. The summed E-state index contributed by atoms with van der Waals surface area (Å²) in [6, 6.07) is 4.14. The van der Waals surface area contributed by atoms with Gasteiger partial charge < -0.3 is 15.0 Å². The third kappa shape index (κ3) is 3.10. The van der Waals surface area contributed by atoms with Crippen LogP contribution in [0.1, 0.15) is 31.9 Å². The summed E-state index contributed by atoms with van der Waals surface area (Å²) < 4.78 is 5.41. The normalized spacial score (nSPS) is 12.1. The first-order valence-corrected chi connectivity index (χ1v) is 6.81. The number of H-pyrrole nitrogens is 1. The molecule has 0 radical (unpaired) electrons. The number of aryl methyl sites for hydroxylation is 1. The molecule has 0 aliphatic heterocycles. The molecule has 0 unspecified atom stereocenters. The Kier molecular flexibility index (Phi) is 3.85. The van der Waals surface area contributed by atoms with Crippen molar-refractivity contribution in [2.75, 3.05) is 13.7 Å². The van der Waals surface area contributed by atoms with Crippen LogP contribution in [0, 0.1) is 6.92 Å². The van der Waals surface area contributed by atoms with Gasteiger partial charge in [-0.3, -0.25) is 0 Å². The van der Waals surface area contributed by atoms with Gasteiger partial charge in [0.25, 0.3) is 0 Å². The summed E-state index contributed by atoms with van der Waals surface area (Å²) in [5.74, 6) is 0.913. The van der Waals surface area contributed by atoms with Crippen LogP contribution in [0.25, 0.3) is 10.9 Å². The summed E-state index contributed by atoms with van der Waals surface area (Å²) in [4.78, 5) is 3.34. The lowest BCUT2D eigenvalue weighted by Gasteiger charge is -2.20. The Morgan fingerprint density at radius 2 is 2.00 bits per heavy atom. The number of methoxy groups -OCH3 is 1. The predicted octanol–water partition coefficient (Wildman–Crippen LogP) is 3.42. The highest BCUT2D eigenvalue weighted by Gasteiger charge is 2.12. The zero-order valence-electron chi connectivity index (χ0n) is 12.6. The van der Waals surface area contributed by atoms with E-state index in [1.165, 1.54) is 16.5 Å². The number of hydrogen-bond acceptors (Lipinski definition) is 2. The number of nitrogens with one attached hydrogen (secondary N) is 2. The summed E-state index contributed by atoms with van der Waals surface area (Å²) >= 11 is 0. The molecular formula is C16H24N2O. The van der Waals surface area contributed by atoms with Crippen LogP contribution in [0.4, 0.5) is 0 Å². The number of rotatable bonds is 4. The van der Waals surface area contributed by atoms with E-state index in [9.17, 15) is 0 Å². The number of ether oxygens (including phenoxy) is 1. The van der Waals surface area contributed by atoms with Crippen molar-refractivity contribution in [2.24, 2.45) is 0 Å². The third-order valence-electron chi connectivity index (χ3n) is 3.36. The molecule has 1 aromatic heterocycles. The molecule has 0 bridgehead atoms. The second-order valence-electron chi connectivity index (χ2n) is 6.08. The van der Waals surface area contributed by atoms with Gasteiger partial charge >= 0.3 is 0 Å². The van der Waals surface area contributed by atoms with E-state index in [0.29, 0.717) is 0 Å². The van der Waals surface area contributed by atoms with Gasteiger partial charge in [-0.05, 0) is 57.9 Å². The van der Waals surface area contributed by atoms with E-state index in [0.717, 1.165) is 24.2 Å². The fourth-order valence-electron chi connectivity index (χ4n) is 2.42. The highest BCUT2D eigenvalue weighted by molar-refractivity contribution is 5.91. The molecule has 0 saturated heterocycles. The van der Waals surface area contributed by atoms with Gasteiger partial charge in [0.2, 0.25) is 0 Å². The molecule has 0 fully saturated rings. The second kappa shape index (κ2) is 5.25. The number of aromatic amines is 1. The Bertz CT molecular complexity index is 564. The molecule has 19 heavy (non-hydrogen) atoms. The zero-order valence-corrected chi connectivity index (χ0v) is 12.6. The van der Waals surface area contributed by atoms with E-state index < -0.39 is 0 Å². The molecule has 2 rings (SSSR count). The van der Waals surface area contributed by atoms with Gasteiger partial charge in [0.1, 0.15) is 5.75 Å². The number of benzene rings is 1. The average Bonchev–Trinajstić information content (AvgIpc) is 2.73. The lowest BCUT2D eigenvalue weighted by molar-refractivity contribution is 0.419. The van der Waals surface area contributed by atoms with Gasteiger partial charge in [-0.1, -0.05) is 6.07 Å². The molecule has 2 N–H and O–H groups in total. The van der Waals surface area contributed by atoms with Gasteiger partial charge in [0.05, 0.1) is 12.6 Å². The minimum absolute atomic E-state index is 0.166. The lowest BCUT2D eigenvalue weighted by Crippen LogP contribution is -2.37. The van der Waals surface area contributed by atoms with Gasteiger partial charge in [0, 0.05) is 17.1 Å². The lowest BCUT2D eigenvalue weighted by atomic mass is 10.0. The number of fused-ring (bicyclic) bond motifs is 1. The number of aromatic nitrogens is 1. The van der Waals surface area contributed by atoms with E-state index in [1.54, 1.807) is 7.11 Å². The second-order valence-corrected chi connectivity index (χ2v) is 6.08. The van der Waals surface area contributed by atoms with Crippen LogP contribution in [0.2, 0.25) is 0 Å². The Morgan fingerprint density at radius 3 is 2.63 bits per heavy atom. The van der Waals surface area contributed by atoms with Crippen molar-refractivity contribution in [3.8, 4) is 5.75 Å². The molecule has 2 aromatic rings. The van der Waals surface area contributed by atoms with Crippen LogP contribution in [0.3, 0.4) is 0 Å². The van der Waals surface area contributed by atoms with E-state index >= 15 is 0 Å². The van der Waals surface area contributed by atoms with Crippen molar-refractivity contribution in [1.29, 1.82) is 0 Å². The van der Waals surface area contributed by atoms with Gasteiger partial charge in [-0.2, -0.15) is 0 Å². The van der Waals surface area contributed by atoms with Crippen LogP contribution in [0.5, 0.6) is 5.75 Å². The average molecular weight is 260 g/mol. The SMILES string of the molecule is COc1ccc(C)c2c(CCNC(C)(C)C)c[nH]c12. The first-order chi connectivity index (χ1) is 8.92. The Balaban J connectivity index is 2.25. The third-order valence-corrected chi connectivity index (χ3v) is 3.36. The molecule has 3 heteroatoms. The summed E-state index contributed by atoms with van der Waals surface area (Å²) in [7, 11) is 1.71. The molecule has 0 aliphatic rings. The van der Waals surface area contributed by atoms with Crippen molar-refractivity contribution in [2.45, 2.75) is 39.7 Å². The summed E-state index contributed by atoms with van der Waals surface area (Å²) in [6.07, 6.45) is 3.12. The van der Waals surface area contributed by atoms with E-state index in [1.807, 2.05) is 6.07 Å². The molecule has 3 nitrogen and oxygen atoms in total. The molecule has 0 spiro atoms. The molecule has 0 atom stereocenters. The van der Waals surface area contributed by atoms with Crippen LogP contribution in [0.15, 0.2) is 18.3 Å². The first kappa shape index (κ1) is 13.9. The van der Waals surface area contributed by atoms with E-state index in [4.69, 9.17) is 4.74 Å². The smallest absolute Gasteiger partial charge is 0.142 e. The fourth-order valence-corrected chi connectivity index (χ4v) is 2.42. The van der Waals surface area contributed by atoms with Crippen LogP contribution in [-0.2, 0) is 6.42 Å². The van der Waals surface area contributed by atoms with Gasteiger partial charge in [-0.15, -0.1) is 0 Å². The maximum absolute atomic E-state index is 5.41.